The maximum absolute atomic E-state index is 5.40. The van der Waals surface area contributed by atoms with Gasteiger partial charge in [0.1, 0.15) is 0 Å². The normalized spacial score (nSPS) is 21.0. The second kappa shape index (κ2) is 4.28. The molecule has 0 spiro atoms. The summed E-state index contributed by atoms with van der Waals surface area (Å²) in [5, 5.41) is 0. The molecule has 0 heterocycles. The first kappa shape index (κ1) is 9.94. The van der Waals surface area contributed by atoms with Gasteiger partial charge >= 0.3 is 0 Å². The number of fused-ring (bicyclic) bond motifs is 1. The molecule has 0 N–H and O–H groups in total. The summed E-state index contributed by atoms with van der Waals surface area (Å²) in [4.78, 5) is 0. The summed E-state index contributed by atoms with van der Waals surface area (Å²) in [5.74, 6) is 0. The first-order chi connectivity index (χ1) is 6.81. The third-order valence-electron chi connectivity index (χ3n) is 2.62. The highest BCUT2D eigenvalue weighted by atomic mass is 79.9. The third kappa shape index (κ3) is 1.91. The third-order valence-corrected chi connectivity index (χ3v) is 3.36. The van der Waals surface area contributed by atoms with Gasteiger partial charge < -0.3 is 4.74 Å². The van der Waals surface area contributed by atoms with E-state index in [1.807, 2.05) is 0 Å². The predicted molar refractivity (Wildman–Crippen MR) is 62.5 cm³/mol. The van der Waals surface area contributed by atoms with E-state index in [0.29, 0.717) is 0 Å². The quantitative estimate of drug-likeness (QED) is 0.745. The zero-order valence-corrected chi connectivity index (χ0v) is 9.75. The van der Waals surface area contributed by atoms with Crippen LogP contribution in [0.25, 0.3) is 6.08 Å². The summed E-state index contributed by atoms with van der Waals surface area (Å²) in [5.41, 5.74) is 2.71. The van der Waals surface area contributed by atoms with Crippen LogP contribution < -0.4 is 0 Å². The number of rotatable bonds is 1. The van der Waals surface area contributed by atoms with Crippen LogP contribution in [-0.4, -0.2) is 13.2 Å². The smallest absolute Gasteiger partial charge is 0.0888 e. The van der Waals surface area contributed by atoms with E-state index < -0.39 is 0 Å². The van der Waals surface area contributed by atoms with E-state index in [-0.39, 0.29) is 6.10 Å². The van der Waals surface area contributed by atoms with E-state index in [1.54, 1.807) is 7.11 Å². The molecule has 0 saturated carbocycles. The SMILES string of the molecule is COC1CCc2ccccc2C=C1Br. The monoisotopic (exact) mass is 252 g/mol. The number of halogens is 1. The molecule has 2 rings (SSSR count). The van der Waals surface area contributed by atoms with Crippen molar-refractivity contribution >= 4 is 22.0 Å². The summed E-state index contributed by atoms with van der Waals surface area (Å²) in [6.45, 7) is 0. The lowest BCUT2D eigenvalue weighted by atomic mass is 10.0. The fraction of sp³-hybridized carbons (Fsp3) is 0.333. The van der Waals surface area contributed by atoms with E-state index in [2.05, 4.69) is 46.3 Å². The van der Waals surface area contributed by atoms with Crippen LogP contribution in [0.5, 0.6) is 0 Å². The minimum atomic E-state index is 0.211. The average molecular weight is 253 g/mol. The van der Waals surface area contributed by atoms with Crippen LogP contribution in [0, 0.1) is 0 Å². The standard InChI is InChI=1S/C12H13BrO/c1-14-12-7-6-9-4-2-3-5-10(9)8-11(12)13/h2-5,8,12H,6-7H2,1H3. The second-order valence-electron chi connectivity index (χ2n) is 3.49. The molecule has 0 aromatic heterocycles. The van der Waals surface area contributed by atoms with Crippen molar-refractivity contribution in [2.75, 3.05) is 7.11 Å². The molecule has 0 amide bonds. The Hall–Kier alpha value is -0.600. The van der Waals surface area contributed by atoms with Gasteiger partial charge in [-0.2, -0.15) is 0 Å². The first-order valence-corrected chi connectivity index (χ1v) is 5.58. The Morgan fingerprint density at radius 1 is 1.36 bits per heavy atom. The Bertz CT molecular complexity index is 357. The van der Waals surface area contributed by atoms with Crippen molar-refractivity contribution in [2.24, 2.45) is 0 Å². The molecule has 0 fully saturated rings. The summed E-state index contributed by atoms with van der Waals surface area (Å²) >= 11 is 3.57. The molecular weight excluding hydrogens is 240 g/mol. The van der Waals surface area contributed by atoms with Crippen LogP contribution in [0.1, 0.15) is 17.5 Å². The number of benzene rings is 1. The van der Waals surface area contributed by atoms with Crippen LogP contribution in [0.15, 0.2) is 28.7 Å². The molecule has 0 bridgehead atoms. The van der Waals surface area contributed by atoms with Gasteiger partial charge in [-0.25, -0.2) is 0 Å². The van der Waals surface area contributed by atoms with E-state index >= 15 is 0 Å². The molecule has 1 atom stereocenters. The van der Waals surface area contributed by atoms with Crippen molar-refractivity contribution < 1.29 is 4.74 Å². The zero-order chi connectivity index (χ0) is 9.97. The molecule has 1 unspecified atom stereocenters. The highest BCUT2D eigenvalue weighted by molar-refractivity contribution is 9.11. The van der Waals surface area contributed by atoms with Crippen LogP contribution in [0.3, 0.4) is 0 Å². The van der Waals surface area contributed by atoms with E-state index in [9.17, 15) is 0 Å². The lowest BCUT2D eigenvalue weighted by molar-refractivity contribution is 0.133. The van der Waals surface area contributed by atoms with Gasteiger partial charge in [0.05, 0.1) is 6.10 Å². The van der Waals surface area contributed by atoms with Crippen LogP contribution in [0.4, 0.5) is 0 Å². The maximum atomic E-state index is 5.40. The Labute approximate surface area is 92.9 Å². The van der Waals surface area contributed by atoms with E-state index in [0.717, 1.165) is 17.3 Å². The summed E-state index contributed by atoms with van der Waals surface area (Å²) in [6.07, 6.45) is 4.50. The first-order valence-electron chi connectivity index (χ1n) is 4.79. The maximum Gasteiger partial charge on any atom is 0.0888 e. The van der Waals surface area contributed by atoms with Crippen LogP contribution in [-0.2, 0) is 11.2 Å². The van der Waals surface area contributed by atoms with Crippen LogP contribution >= 0.6 is 15.9 Å². The fourth-order valence-corrected chi connectivity index (χ4v) is 2.46. The van der Waals surface area contributed by atoms with E-state index in [4.69, 9.17) is 4.74 Å². The lowest BCUT2D eigenvalue weighted by Crippen LogP contribution is -2.09. The van der Waals surface area contributed by atoms with Crippen LogP contribution in [0.2, 0.25) is 0 Å². The number of hydrogen-bond acceptors (Lipinski definition) is 1. The summed E-state index contributed by atoms with van der Waals surface area (Å²) in [6, 6.07) is 8.50. The van der Waals surface area contributed by atoms with Crippen molar-refractivity contribution in [2.45, 2.75) is 18.9 Å². The van der Waals surface area contributed by atoms with Gasteiger partial charge in [0.2, 0.25) is 0 Å². The van der Waals surface area contributed by atoms with Gasteiger partial charge in [-0.1, -0.05) is 40.2 Å². The van der Waals surface area contributed by atoms with Gasteiger partial charge in [0.15, 0.2) is 0 Å². The van der Waals surface area contributed by atoms with Gasteiger partial charge in [-0.05, 0) is 30.0 Å². The zero-order valence-electron chi connectivity index (χ0n) is 8.16. The van der Waals surface area contributed by atoms with Gasteiger partial charge in [-0.15, -0.1) is 0 Å². The number of methoxy groups -OCH3 is 1. The van der Waals surface area contributed by atoms with Crippen molar-refractivity contribution in [1.29, 1.82) is 0 Å². The second-order valence-corrected chi connectivity index (χ2v) is 4.41. The number of ether oxygens (including phenoxy) is 1. The molecule has 0 aliphatic heterocycles. The molecule has 1 aliphatic carbocycles. The Balaban J connectivity index is 2.37. The predicted octanol–water partition coefficient (Wildman–Crippen LogP) is 3.38. The molecule has 1 aliphatic rings. The van der Waals surface area contributed by atoms with E-state index in [1.165, 1.54) is 11.1 Å². The van der Waals surface area contributed by atoms with Gasteiger partial charge in [0, 0.05) is 11.6 Å². The largest absolute Gasteiger partial charge is 0.376 e. The molecule has 1 aromatic rings. The van der Waals surface area contributed by atoms with Gasteiger partial charge in [-0.3, -0.25) is 0 Å². The van der Waals surface area contributed by atoms with Crippen molar-refractivity contribution in [1.82, 2.24) is 0 Å². The number of aryl methyl sites for hydroxylation is 1. The summed E-state index contributed by atoms with van der Waals surface area (Å²) in [7, 11) is 1.76. The number of hydrogen-bond donors (Lipinski definition) is 0. The highest BCUT2D eigenvalue weighted by Gasteiger charge is 2.16. The van der Waals surface area contributed by atoms with Crippen molar-refractivity contribution in [3.63, 3.8) is 0 Å². The molecule has 0 saturated heterocycles. The Morgan fingerprint density at radius 2 is 2.14 bits per heavy atom. The minimum absolute atomic E-state index is 0.211. The Morgan fingerprint density at radius 3 is 2.93 bits per heavy atom. The molecule has 74 valence electrons. The van der Waals surface area contributed by atoms with Gasteiger partial charge in [0.25, 0.3) is 0 Å². The average Bonchev–Trinajstić information content (AvgIpc) is 2.36. The molecular formula is C12H13BrO. The molecule has 2 heteroatoms. The molecule has 1 nitrogen and oxygen atoms in total. The molecule has 0 radical (unpaired) electrons. The fourth-order valence-electron chi connectivity index (χ4n) is 1.80. The minimum Gasteiger partial charge on any atom is -0.376 e. The Kier molecular flexibility index (Phi) is 3.04. The highest BCUT2D eigenvalue weighted by Crippen LogP contribution is 2.27. The molecule has 1 aromatic carbocycles. The molecule has 14 heavy (non-hydrogen) atoms. The summed E-state index contributed by atoms with van der Waals surface area (Å²) < 4.78 is 6.54. The topological polar surface area (TPSA) is 9.23 Å². The van der Waals surface area contributed by atoms with Crippen molar-refractivity contribution in [3.05, 3.63) is 39.9 Å². The lowest BCUT2D eigenvalue weighted by Gasteiger charge is -2.11. The van der Waals surface area contributed by atoms with Crippen molar-refractivity contribution in [3.8, 4) is 0 Å².